The van der Waals surface area contributed by atoms with Gasteiger partial charge in [-0.1, -0.05) is 12.1 Å². The molecule has 148 valence electrons. The molecule has 1 amide bonds. The molecule has 2 unspecified atom stereocenters. The second kappa shape index (κ2) is 8.55. The van der Waals surface area contributed by atoms with Gasteiger partial charge in [0.05, 0.1) is 16.5 Å². The molecule has 2 atom stereocenters. The molecule has 1 aromatic rings. The SMILES string of the molecule is CC(NS(=O)(=O)c1ccccc1C(F)(F)F)C(=O)NC(CN)C1CC1.Cl. The van der Waals surface area contributed by atoms with Crippen molar-refractivity contribution in [2.24, 2.45) is 11.7 Å². The summed E-state index contributed by atoms with van der Waals surface area (Å²) in [5.74, 6) is -0.362. The van der Waals surface area contributed by atoms with Gasteiger partial charge in [-0.05, 0) is 37.8 Å². The molecule has 1 fully saturated rings. The fourth-order valence-corrected chi connectivity index (χ4v) is 3.89. The predicted octanol–water partition coefficient (Wildman–Crippen LogP) is 1.65. The van der Waals surface area contributed by atoms with Gasteiger partial charge >= 0.3 is 6.18 Å². The zero-order valence-corrected chi connectivity index (χ0v) is 15.5. The van der Waals surface area contributed by atoms with E-state index in [1.54, 1.807) is 0 Å². The van der Waals surface area contributed by atoms with E-state index in [0.29, 0.717) is 6.07 Å². The van der Waals surface area contributed by atoms with Gasteiger partial charge in [-0.2, -0.15) is 17.9 Å². The van der Waals surface area contributed by atoms with Gasteiger partial charge in [0.25, 0.3) is 0 Å². The highest BCUT2D eigenvalue weighted by atomic mass is 35.5. The van der Waals surface area contributed by atoms with Crippen molar-refractivity contribution in [3.05, 3.63) is 29.8 Å². The third-order valence-corrected chi connectivity index (χ3v) is 5.58. The van der Waals surface area contributed by atoms with Crippen LogP contribution in [0.15, 0.2) is 29.2 Å². The van der Waals surface area contributed by atoms with E-state index in [9.17, 15) is 26.4 Å². The summed E-state index contributed by atoms with van der Waals surface area (Å²) in [5.41, 5.74) is 4.29. The molecule has 0 heterocycles. The van der Waals surface area contributed by atoms with Crippen LogP contribution in [0.1, 0.15) is 25.3 Å². The van der Waals surface area contributed by atoms with E-state index in [0.717, 1.165) is 25.0 Å². The maximum absolute atomic E-state index is 13.0. The Balaban J connectivity index is 0.00000338. The first-order chi connectivity index (χ1) is 11.6. The molecule has 2 rings (SSSR count). The molecule has 6 nitrogen and oxygen atoms in total. The minimum atomic E-state index is -4.83. The number of hydrogen-bond acceptors (Lipinski definition) is 4. The van der Waals surface area contributed by atoms with E-state index in [1.807, 2.05) is 4.72 Å². The fraction of sp³-hybridized carbons (Fsp3) is 0.533. The summed E-state index contributed by atoms with van der Waals surface area (Å²) in [6, 6.07) is 2.31. The summed E-state index contributed by atoms with van der Waals surface area (Å²) < 4.78 is 65.6. The van der Waals surface area contributed by atoms with E-state index < -0.39 is 38.6 Å². The van der Waals surface area contributed by atoms with E-state index in [2.05, 4.69) is 5.32 Å². The number of rotatable bonds is 7. The lowest BCUT2D eigenvalue weighted by Gasteiger charge is -2.21. The van der Waals surface area contributed by atoms with Gasteiger partial charge in [-0.25, -0.2) is 8.42 Å². The molecule has 1 aromatic carbocycles. The number of nitrogens with two attached hydrogens (primary N) is 1. The van der Waals surface area contributed by atoms with Crippen molar-refractivity contribution >= 4 is 28.3 Å². The number of carbonyl (C=O) groups is 1. The highest BCUT2D eigenvalue weighted by Gasteiger charge is 2.38. The number of carbonyl (C=O) groups excluding carboxylic acids is 1. The van der Waals surface area contributed by atoms with Crippen molar-refractivity contribution < 1.29 is 26.4 Å². The molecule has 1 saturated carbocycles. The summed E-state index contributed by atoms with van der Waals surface area (Å²) >= 11 is 0. The van der Waals surface area contributed by atoms with Gasteiger partial charge in [0.15, 0.2) is 0 Å². The molecule has 0 radical (unpaired) electrons. The number of benzene rings is 1. The lowest BCUT2D eigenvalue weighted by molar-refractivity contribution is -0.139. The molecule has 0 aliphatic heterocycles. The third-order valence-electron chi connectivity index (χ3n) is 3.98. The van der Waals surface area contributed by atoms with E-state index >= 15 is 0 Å². The summed E-state index contributed by atoms with van der Waals surface area (Å²) in [5, 5.41) is 2.63. The number of sulfonamides is 1. The van der Waals surface area contributed by atoms with Crippen molar-refractivity contribution in [1.29, 1.82) is 0 Å². The molecule has 0 spiro atoms. The highest BCUT2D eigenvalue weighted by Crippen LogP contribution is 2.34. The van der Waals surface area contributed by atoms with Gasteiger partial charge in [0, 0.05) is 12.6 Å². The zero-order chi connectivity index (χ0) is 18.8. The van der Waals surface area contributed by atoms with Crippen LogP contribution >= 0.6 is 12.4 Å². The Morgan fingerprint density at radius 2 is 1.88 bits per heavy atom. The normalized spacial score (nSPS) is 17.1. The molecule has 0 bridgehead atoms. The van der Waals surface area contributed by atoms with Crippen molar-refractivity contribution in [2.75, 3.05) is 6.54 Å². The Bertz CT molecular complexity index is 739. The lowest BCUT2D eigenvalue weighted by atomic mass is 10.2. The lowest BCUT2D eigenvalue weighted by Crippen LogP contribution is -2.50. The van der Waals surface area contributed by atoms with Crippen molar-refractivity contribution in [3.8, 4) is 0 Å². The number of hydrogen-bond donors (Lipinski definition) is 3. The minimum Gasteiger partial charge on any atom is -0.350 e. The summed E-state index contributed by atoms with van der Waals surface area (Å²) in [6.45, 7) is 1.48. The molecule has 0 aromatic heterocycles. The van der Waals surface area contributed by atoms with Crippen molar-refractivity contribution in [2.45, 2.75) is 42.9 Å². The Hall–Kier alpha value is -1.36. The quantitative estimate of drug-likeness (QED) is 0.630. The van der Waals surface area contributed by atoms with E-state index in [4.69, 9.17) is 5.73 Å². The Kier molecular flexibility index (Phi) is 7.46. The molecular weight excluding hydrogens is 395 g/mol. The molecule has 1 aliphatic rings. The van der Waals surface area contributed by atoms with Crippen LogP contribution in [0, 0.1) is 5.92 Å². The van der Waals surface area contributed by atoms with Crippen LogP contribution < -0.4 is 15.8 Å². The molecule has 26 heavy (non-hydrogen) atoms. The molecule has 11 heteroatoms. The van der Waals surface area contributed by atoms with E-state index in [-0.39, 0.29) is 30.9 Å². The average molecular weight is 416 g/mol. The zero-order valence-electron chi connectivity index (χ0n) is 13.9. The monoisotopic (exact) mass is 415 g/mol. The largest absolute Gasteiger partial charge is 0.417 e. The van der Waals surface area contributed by atoms with Crippen LogP contribution in [-0.4, -0.2) is 33.0 Å². The first kappa shape index (κ1) is 22.7. The molecule has 1 aliphatic carbocycles. The second-order valence-electron chi connectivity index (χ2n) is 6.03. The smallest absolute Gasteiger partial charge is 0.350 e. The van der Waals surface area contributed by atoms with Crippen LogP contribution in [0.2, 0.25) is 0 Å². The van der Waals surface area contributed by atoms with Crippen molar-refractivity contribution in [1.82, 2.24) is 10.0 Å². The Morgan fingerprint density at radius 3 is 2.38 bits per heavy atom. The molecule has 4 N–H and O–H groups in total. The summed E-state index contributed by atoms with van der Waals surface area (Å²) in [7, 11) is -4.53. The van der Waals surface area contributed by atoms with E-state index in [1.165, 1.54) is 13.0 Å². The summed E-state index contributed by atoms with van der Waals surface area (Å²) in [6.07, 6.45) is -2.96. The maximum Gasteiger partial charge on any atom is 0.417 e. The van der Waals surface area contributed by atoms with Crippen LogP contribution in [0.25, 0.3) is 0 Å². The third kappa shape index (κ3) is 5.57. The number of nitrogens with one attached hydrogen (secondary N) is 2. The average Bonchev–Trinajstić information content (AvgIpc) is 3.36. The van der Waals surface area contributed by atoms with Gasteiger partial charge in [0.2, 0.25) is 15.9 Å². The van der Waals surface area contributed by atoms with Gasteiger partial charge in [0.1, 0.15) is 0 Å². The topological polar surface area (TPSA) is 101 Å². The minimum absolute atomic E-state index is 0. The number of amides is 1. The van der Waals surface area contributed by atoms with Gasteiger partial charge in [-0.3, -0.25) is 4.79 Å². The molecule has 0 saturated heterocycles. The Labute approximate surface area is 156 Å². The standard InChI is InChI=1S/C15H20F3N3O3S.ClH/c1-9(14(22)20-12(8-19)10-6-7-10)21-25(23,24)13-5-3-2-4-11(13)15(16,17)18;/h2-5,9-10,12,21H,6-8,19H2,1H3,(H,20,22);1H. The molecular formula is C15H21ClF3N3O3S. The first-order valence-corrected chi connectivity index (χ1v) is 9.23. The number of halogens is 4. The Morgan fingerprint density at radius 1 is 1.31 bits per heavy atom. The van der Waals surface area contributed by atoms with Crippen LogP contribution in [0.5, 0.6) is 0 Å². The maximum atomic E-state index is 13.0. The second-order valence-corrected chi connectivity index (χ2v) is 7.71. The summed E-state index contributed by atoms with van der Waals surface area (Å²) in [4.78, 5) is 11.2. The van der Waals surface area contributed by atoms with Crippen LogP contribution in [-0.2, 0) is 21.0 Å². The highest BCUT2D eigenvalue weighted by molar-refractivity contribution is 7.89. The van der Waals surface area contributed by atoms with Crippen LogP contribution in [0.3, 0.4) is 0 Å². The fourth-order valence-electron chi connectivity index (χ4n) is 2.46. The predicted molar refractivity (Wildman–Crippen MR) is 92.2 cm³/mol. The van der Waals surface area contributed by atoms with Crippen LogP contribution in [0.4, 0.5) is 13.2 Å². The van der Waals surface area contributed by atoms with Gasteiger partial charge < -0.3 is 11.1 Å². The van der Waals surface area contributed by atoms with Crippen molar-refractivity contribution in [3.63, 3.8) is 0 Å². The number of alkyl halides is 3. The first-order valence-electron chi connectivity index (χ1n) is 7.75. The van der Waals surface area contributed by atoms with Gasteiger partial charge in [-0.15, -0.1) is 12.4 Å².